The van der Waals surface area contributed by atoms with Crippen LogP contribution in [0.4, 0.5) is 0 Å². The number of nitrogens with one attached hydrogen (secondary N) is 1. The molecule has 0 radical (unpaired) electrons. The van der Waals surface area contributed by atoms with Crippen molar-refractivity contribution in [3.63, 3.8) is 0 Å². The summed E-state index contributed by atoms with van der Waals surface area (Å²) in [4.78, 5) is 12.5. The van der Waals surface area contributed by atoms with Crippen LogP contribution in [0.5, 0.6) is 5.75 Å². The van der Waals surface area contributed by atoms with E-state index < -0.39 is 0 Å². The standard InChI is InChI=1S/C25H27ClN2O3/c1-4-5-19(23-15-20(26)9-6-17(23)2)12-13-27-25(29)24-16-22(31-28-24)14-18-7-10-21(30-3)11-8-18/h5-11,15-16H,4,12-14H2,1-3H3,(H,27,29)/b19-5-. The fourth-order valence-corrected chi connectivity index (χ4v) is 3.55. The lowest BCUT2D eigenvalue weighted by Gasteiger charge is -2.12. The number of hydrogen-bond acceptors (Lipinski definition) is 4. The Morgan fingerprint density at radius 1 is 1.19 bits per heavy atom. The third-order valence-electron chi connectivity index (χ3n) is 5.00. The molecule has 1 heterocycles. The third kappa shape index (κ3) is 6.22. The molecule has 1 N–H and O–H groups in total. The van der Waals surface area contributed by atoms with E-state index in [1.54, 1.807) is 13.2 Å². The van der Waals surface area contributed by atoms with E-state index in [0.29, 0.717) is 30.2 Å². The predicted molar refractivity (Wildman–Crippen MR) is 124 cm³/mol. The number of rotatable bonds is 9. The minimum Gasteiger partial charge on any atom is -0.497 e. The highest BCUT2D eigenvalue weighted by Gasteiger charge is 2.13. The normalized spacial score (nSPS) is 11.4. The van der Waals surface area contributed by atoms with Crippen molar-refractivity contribution in [2.45, 2.75) is 33.1 Å². The van der Waals surface area contributed by atoms with Gasteiger partial charge in [0.1, 0.15) is 11.5 Å². The van der Waals surface area contributed by atoms with Gasteiger partial charge in [-0.2, -0.15) is 0 Å². The van der Waals surface area contributed by atoms with E-state index in [1.807, 2.05) is 42.5 Å². The van der Waals surface area contributed by atoms with Crippen LogP contribution in [0.25, 0.3) is 5.57 Å². The first-order valence-electron chi connectivity index (χ1n) is 10.3. The van der Waals surface area contributed by atoms with Gasteiger partial charge in [-0.1, -0.05) is 48.0 Å². The highest BCUT2D eigenvalue weighted by atomic mass is 35.5. The Hall–Kier alpha value is -3.05. The van der Waals surface area contributed by atoms with Gasteiger partial charge in [0.25, 0.3) is 5.91 Å². The van der Waals surface area contributed by atoms with Crippen LogP contribution >= 0.6 is 11.6 Å². The topological polar surface area (TPSA) is 64.4 Å². The summed E-state index contributed by atoms with van der Waals surface area (Å²) in [6, 6.07) is 15.3. The van der Waals surface area contributed by atoms with Crippen LogP contribution in [0.15, 0.2) is 59.1 Å². The summed E-state index contributed by atoms with van der Waals surface area (Å²) in [5, 5.41) is 7.56. The molecule has 2 aromatic carbocycles. The molecule has 5 nitrogen and oxygen atoms in total. The fourth-order valence-electron chi connectivity index (χ4n) is 3.38. The molecular formula is C25H27ClN2O3. The van der Waals surface area contributed by atoms with Gasteiger partial charge in [0, 0.05) is 24.1 Å². The molecule has 31 heavy (non-hydrogen) atoms. The smallest absolute Gasteiger partial charge is 0.273 e. The van der Waals surface area contributed by atoms with Crippen LogP contribution in [0, 0.1) is 6.92 Å². The van der Waals surface area contributed by atoms with Crippen LogP contribution in [-0.2, 0) is 6.42 Å². The predicted octanol–water partition coefficient (Wildman–Crippen LogP) is 5.85. The average molecular weight is 439 g/mol. The first kappa shape index (κ1) is 22.6. The number of hydrogen-bond donors (Lipinski definition) is 1. The summed E-state index contributed by atoms with van der Waals surface area (Å²) in [6.45, 7) is 4.66. The molecule has 6 heteroatoms. The highest BCUT2D eigenvalue weighted by molar-refractivity contribution is 6.30. The molecule has 3 rings (SSSR count). The summed E-state index contributed by atoms with van der Waals surface area (Å²) in [5.41, 5.74) is 4.78. The van der Waals surface area contributed by atoms with Crippen LogP contribution in [-0.4, -0.2) is 24.7 Å². The molecule has 162 valence electrons. The highest BCUT2D eigenvalue weighted by Crippen LogP contribution is 2.25. The number of allylic oxidation sites excluding steroid dienone is 1. The molecule has 0 aliphatic carbocycles. The quantitative estimate of drug-likeness (QED) is 0.455. The van der Waals surface area contributed by atoms with E-state index in [4.69, 9.17) is 20.9 Å². The van der Waals surface area contributed by atoms with Gasteiger partial charge >= 0.3 is 0 Å². The minimum atomic E-state index is -0.247. The van der Waals surface area contributed by atoms with E-state index >= 15 is 0 Å². The van der Waals surface area contributed by atoms with Crippen molar-refractivity contribution in [1.82, 2.24) is 10.5 Å². The van der Waals surface area contributed by atoms with Crippen LogP contribution in [0.3, 0.4) is 0 Å². The van der Waals surface area contributed by atoms with Gasteiger partial charge in [-0.3, -0.25) is 4.79 Å². The number of amides is 1. The Balaban J connectivity index is 1.57. The average Bonchev–Trinajstić information content (AvgIpc) is 3.24. The number of halogens is 1. The van der Waals surface area contributed by atoms with Gasteiger partial charge in [-0.15, -0.1) is 0 Å². The fraction of sp³-hybridized carbons (Fsp3) is 0.280. The summed E-state index contributed by atoms with van der Waals surface area (Å²) < 4.78 is 10.5. The number of carbonyl (C=O) groups is 1. The Bertz CT molecular complexity index is 1050. The maximum absolute atomic E-state index is 12.5. The zero-order chi connectivity index (χ0) is 22.2. The van der Waals surface area contributed by atoms with Gasteiger partial charge in [0.05, 0.1) is 7.11 Å². The maximum Gasteiger partial charge on any atom is 0.273 e. The minimum absolute atomic E-state index is 0.247. The lowest BCUT2D eigenvalue weighted by atomic mass is 9.97. The van der Waals surface area contributed by atoms with Gasteiger partial charge in [-0.05, 0) is 66.3 Å². The molecule has 0 fully saturated rings. The van der Waals surface area contributed by atoms with E-state index in [2.05, 4.69) is 30.4 Å². The van der Waals surface area contributed by atoms with Crippen molar-refractivity contribution in [1.29, 1.82) is 0 Å². The van der Waals surface area contributed by atoms with Crippen molar-refractivity contribution >= 4 is 23.1 Å². The molecule has 0 aliphatic rings. The number of aryl methyl sites for hydroxylation is 1. The molecule has 0 bridgehead atoms. The van der Waals surface area contributed by atoms with Crippen LogP contribution in [0.2, 0.25) is 5.02 Å². The molecule has 0 spiro atoms. The van der Waals surface area contributed by atoms with Gasteiger partial charge in [0.2, 0.25) is 0 Å². The first-order chi connectivity index (χ1) is 15.0. The van der Waals surface area contributed by atoms with Gasteiger partial charge < -0.3 is 14.6 Å². The number of benzene rings is 2. The maximum atomic E-state index is 12.5. The number of ether oxygens (including phenoxy) is 1. The Morgan fingerprint density at radius 3 is 2.68 bits per heavy atom. The largest absolute Gasteiger partial charge is 0.497 e. The van der Waals surface area contributed by atoms with Crippen molar-refractivity contribution in [3.05, 3.63) is 87.8 Å². The number of aromatic nitrogens is 1. The molecule has 1 amide bonds. The first-order valence-corrected chi connectivity index (χ1v) is 10.7. The second kappa shape index (κ2) is 10.8. The summed E-state index contributed by atoms with van der Waals surface area (Å²) in [7, 11) is 1.63. The lowest BCUT2D eigenvalue weighted by molar-refractivity contribution is 0.0945. The number of nitrogens with zero attached hydrogens (tertiary/aromatic N) is 1. The van der Waals surface area contributed by atoms with E-state index in [9.17, 15) is 4.79 Å². The Morgan fingerprint density at radius 2 is 1.97 bits per heavy atom. The zero-order valence-electron chi connectivity index (χ0n) is 18.1. The molecule has 0 atom stereocenters. The molecule has 1 aromatic heterocycles. The molecule has 0 aliphatic heterocycles. The molecule has 0 unspecified atom stereocenters. The monoisotopic (exact) mass is 438 g/mol. The van der Waals surface area contributed by atoms with Crippen LogP contribution in [0.1, 0.15) is 52.7 Å². The summed E-state index contributed by atoms with van der Waals surface area (Å²) in [6.07, 6.45) is 4.35. The van der Waals surface area contributed by atoms with Crippen LogP contribution < -0.4 is 10.1 Å². The SMILES string of the molecule is CC/C=C(/CCNC(=O)c1cc(Cc2ccc(OC)cc2)on1)c1cc(Cl)ccc1C. The van der Waals surface area contributed by atoms with Crippen molar-refractivity contribution < 1.29 is 14.1 Å². The molecule has 3 aromatic rings. The van der Waals surface area contributed by atoms with E-state index in [0.717, 1.165) is 28.9 Å². The Kier molecular flexibility index (Phi) is 7.90. The second-order valence-corrected chi connectivity index (χ2v) is 7.74. The van der Waals surface area contributed by atoms with Gasteiger partial charge in [0.15, 0.2) is 5.69 Å². The summed E-state index contributed by atoms with van der Waals surface area (Å²) >= 11 is 6.18. The zero-order valence-corrected chi connectivity index (χ0v) is 18.8. The molecule has 0 saturated heterocycles. The Labute approximate surface area is 188 Å². The van der Waals surface area contributed by atoms with Crippen molar-refractivity contribution in [3.8, 4) is 5.75 Å². The third-order valence-corrected chi connectivity index (χ3v) is 5.24. The van der Waals surface area contributed by atoms with Crippen molar-refractivity contribution in [2.75, 3.05) is 13.7 Å². The summed E-state index contributed by atoms with van der Waals surface area (Å²) in [5.74, 6) is 1.19. The van der Waals surface area contributed by atoms with Gasteiger partial charge in [-0.25, -0.2) is 0 Å². The lowest BCUT2D eigenvalue weighted by Crippen LogP contribution is -2.25. The molecule has 0 saturated carbocycles. The number of carbonyl (C=O) groups excluding carboxylic acids is 1. The van der Waals surface area contributed by atoms with E-state index in [1.165, 1.54) is 5.57 Å². The van der Waals surface area contributed by atoms with Crippen molar-refractivity contribution in [2.24, 2.45) is 0 Å². The molecular weight excluding hydrogens is 412 g/mol. The second-order valence-electron chi connectivity index (χ2n) is 7.31. The van der Waals surface area contributed by atoms with E-state index in [-0.39, 0.29) is 11.6 Å². The number of methoxy groups -OCH3 is 1.